The van der Waals surface area contributed by atoms with Crippen LogP contribution in [0.2, 0.25) is 0 Å². The molecule has 1 atom stereocenters. The monoisotopic (exact) mass is 300 g/mol. The van der Waals surface area contributed by atoms with Gasteiger partial charge in [0.05, 0.1) is 18.9 Å². The van der Waals surface area contributed by atoms with E-state index in [0.717, 1.165) is 21.1 Å². The van der Waals surface area contributed by atoms with E-state index in [1.165, 1.54) is 0 Å². The third-order valence-corrected chi connectivity index (χ3v) is 5.30. The van der Waals surface area contributed by atoms with Crippen LogP contribution in [0.5, 0.6) is 0 Å². The fraction of sp³-hybridized carbons (Fsp3) is 0.875. The first-order valence-electron chi connectivity index (χ1n) is 5.15. The zero-order chi connectivity index (χ0) is 14.1. The van der Waals surface area contributed by atoms with Crippen LogP contribution in [0.4, 0.5) is 0 Å². The van der Waals surface area contributed by atoms with Crippen molar-refractivity contribution < 1.29 is 26.7 Å². The minimum Gasteiger partial charge on any atom is -0.481 e. The van der Waals surface area contributed by atoms with Gasteiger partial charge in [-0.3, -0.25) is 4.79 Å². The lowest BCUT2D eigenvalue weighted by molar-refractivity contribution is -0.138. The van der Waals surface area contributed by atoms with Crippen LogP contribution in [0.3, 0.4) is 0 Å². The SMILES string of the molecule is CS(=O)(=O)N1CCN(S(C)(=O)=O)[C@@H](CC(=O)O)C1. The highest BCUT2D eigenvalue weighted by Crippen LogP contribution is 2.18. The van der Waals surface area contributed by atoms with E-state index in [4.69, 9.17) is 5.11 Å². The van der Waals surface area contributed by atoms with Gasteiger partial charge in [-0.05, 0) is 0 Å². The largest absolute Gasteiger partial charge is 0.481 e. The van der Waals surface area contributed by atoms with Gasteiger partial charge < -0.3 is 5.11 Å². The molecule has 0 saturated carbocycles. The Kier molecular flexibility index (Phi) is 4.36. The molecule has 0 unspecified atom stereocenters. The van der Waals surface area contributed by atoms with Crippen LogP contribution < -0.4 is 0 Å². The van der Waals surface area contributed by atoms with E-state index in [9.17, 15) is 21.6 Å². The molecule has 0 aromatic rings. The van der Waals surface area contributed by atoms with Gasteiger partial charge in [0, 0.05) is 25.7 Å². The fourth-order valence-corrected chi connectivity index (χ4v) is 3.87. The summed E-state index contributed by atoms with van der Waals surface area (Å²) in [4.78, 5) is 10.7. The molecule has 0 aromatic carbocycles. The van der Waals surface area contributed by atoms with E-state index in [-0.39, 0.29) is 19.6 Å². The van der Waals surface area contributed by atoms with Crippen molar-refractivity contribution in [3.63, 3.8) is 0 Å². The van der Waals surface area contributed by atoms with E-state index in [1.807, 2.05) is 0 Å². The molecule has 1 saturated heterocycles. The van der Waals surface area contributed by atoms with Crippen LogP contribution in [-0.2, 0) is 24.8 Å². The van der Waals surface area contributed by atoms with Crippen LogP contribution in [0.25, 0.3) is 0 Å². The van der Waals surface area contributed by atoms with Crippen LogP contribution in [0, 0.1) is 0 Å². The molecule has 10 heteroatoms. The first-order chi connectivity index (χ1) is 8.01. The summed E-state index contributed by atoms with van der Waals surface area (Å²) in [5, 5.41) is 8.75. The van der Waals surface area contributed by atoms with Crippen molar-refractivity contribution in [3.05, 3.63) is 0 Å². The minimum atomic E-state index is -3.54. The number of hydrogen-bond acceptors (Lipinski definition) is 5. The molecule has 1 rings (SSSR count). The summed E-state index contributed by atoms with van der Waals surface area (Å²) in [6, 6.07) is -0.860. The van der Waals surface area contributed by atoms with E-state index in [2.05, 4.69) is 0 Å². The van der Waals surface area contributed by atoms with Gasteiger partial charge in [0.25, 0.3) is 0 Å². The average molecular weight is 300 g/mol. The Morgan fingerprint density at radius 3 is 2.11 bits per heavy atom. The van der Waals surface area contributed by atoms with E-state index in [1.54, 1.807) is 0 Å². The quantitative estimate of drug-likeness (QED) is 0.667. The van der Waals surface area contributed by atoms with Crippen molar-refractivity contribution in [1.82, 2.24) is 8.61 Å². The van der Waals surface area contributed by atoms with E-state index in [0.29, 0.717) is 0 Å². The Hall–Kier alpha value is -0.710. The lowest BCUT2D eigenvalue weighted by Gasteiger charge is -2.38. The lowest BCUT2D eigenvalue weighted by Crippen LogP contribution is -2.56. The maximum atomic E-state index is 11.5. The van der Waals surface area contributed by atoms with Crippen molar-refractivity contribution >= 4 is 26.0 Å². The molecule has 0 radical (unpaired) electrons. The Labute approximate surface area is 106 Å². The molecule has 0 aliphatic carbocycles. The molecule has 1 N–H and O–H groups in total. The first-order valence-corrected chi connectivity index (χ1v) is 8.85. The number of rotatable bonds is 4. The number of nitrogens with zero attached hydrogens (tertiary/aromatic N) is 2. The highest BCUT2D eigenvalue weighted by Gasteiger charge is 2.36. The topological polar surface area (TPSA) is 112 Å². The van der Waals surface area contributed by atoms with Gasteiger partial charge in [-0.25, -0.2) is 16.8 Å². The van der Waals surface area contributed by atoms with Gasteiger partial charge in [0.1, 0.15) is 0 Å². The van der Waals surface area contributed by atoms with Crippen molar-refractivity contribution in [1.29, 1.82) is 0 Å². The minimum absolute atomic E-state index is 0.0240. The van der Waals surface area contributed by atoms with Gasteiger partial charge in [0.15, 0.2) is 0 Å². The fourth-order valence-electron chi connectivity index (χ4n) is 1.92. The third kappa shape index (κ3) is 3.90. The van der Waals surface area contributed by atoms with Crippen molar-refractivity contribution in [3.8, 4) is 0 Å². The summed E-state index contributed by atoms with van der Waals surface area (Å²) in [5.74, 6) is -1.16. The lowest BCUT2D eigenvalue weighted by atomic mass is 10.2. The van der Waals surface area contributed by atoms with E-state index < -0.39 is 38.5 Å². The number of carboxylic acid groups (broad SMARTS) is 1. The Bertz CT molecular complexity index is 526. The molecule has 1 fully saturated rings. The number of sulfonamides is 2. The van der Waals surface area contributed by atoms with Crippen molar-refractivity contribution in [2.75, 3.05) is 32.1 Å². The zero-order valence-electron chi connectivity index (χ0n) is 10.1. The maximum absolute atomic E-state index is 11.5. The normalized spacial score (nSPS) is 24.0. The second kappa shape index (κ2) is 5.11. The Morgan fingerprint density at radius 2 is 1.72 bits per heavy atom. The number of piperazine rings is 1. The summed E-state index contributed by atoms with van der Waals surface area (Å²) in [6.07, 6.45) is 1.58. The Balaban J connectivity index is 2.96. The van der Waals surface area contributed by atoms with Gasteiger partial charge in [0.2, 0.25) is 20.0 Å². The van der Waals surface area contributed by atoms with Crippen LogP contribution in [0.1, 0.15) is 6.42 Å². The average Bonchev–Trinajstić information content (AvgIpc) is 2.13. The van der Waals surface area contributed by atoms with Crippen LogP contribution in [-0.4, -0.2) is 74.7 Å². The molecule has 0 amide bonds. The van der Waals surface area contributed by atoms with Gasteiger partial charge in [-0.2, -0.15) is 8.61 Å². The highest BCUT2D eigenvalue weighted by molar-refractivity contribution is 7.88. The van der Waals surface area contributed by atoms with Gasteiger partial charge in [-0.15, -0.1) is 0 Å². The predicted molar refractivity (Wildman–Crippen MR) is 64.0 cm³/mol. The maximum Gasteiger partial charge on any atom is 0.305 e. The number of hydrogen-bond donors (Lipinski definition) is 1. The number of aliphatic carboxylic acids is 1. The Morgan fingerprint density at radius 1 is 1.17 bits per heavy atom. The van der Waals surface area contributed by atoms with Crippen molar-refractivity contribution in [2.24, 2.45) is 0 Å². The van der Waals surface area contributed by atoms with Gasteiger partial charge >= 0.3 is 5.97 Å². The molecule has 18 heavy (non-hydrogen) atoms. The van der Waals surface area contributed by atoms with Crippen LogP contribution >= 0.6 is 0 Å². The summed E-state index contributed by atoms with van der Waals surface area (Å²) >= 11 is 0. The molecule has 1 aliphatic rings. The zero-order valence-corrected chi connectivity index (χ0v) is 11.7. The molecule has 1 aliphatic heterocycles. The summed E-state index contributed by atoms with van der Waals surface area (Å²) in [7, 11) is -6.99. The summed E-state index contributed by atoms with van der Waals surface area (Å²) in [6.45, 7) is -0.107. The van der Waals surface area contributed by atoms with Gasteiger partial charge in [-0.1, -0.05) is 0 Å². The molecular formula is C8H16N2O6S2. The molecule has 0 aromatic heterocycles. The van der Waals surface area contributed by atoms with E-state index >= 15 is 0 Å². The standard InChI is InChI=1S/C8H16N2O6S2/c1-17(13,14)9-3-4-10(18(2,15)16)7(6-9)5-8(11)12/h7H,3-6H2,1-2H3,(H,11,12)/t7-/m0/s1. The number of carbonyl (C=O) groups is 1. The van der Waals surface area contributed by atoms with Crippen molar-refractivity contribution in [2.45, 2.75) is 12.5 Å². The summed E-state index contributed by atoms with van der Waals surface area (Å²) in [5.41, 5.74) is 0. The summed E-state index contributed by atoms with van der Waals surface area (Å²) < 4.78 is 47.9. The second-order valence-corrected chi connectivity index (χ2v) is 8.16. The predicted octanol–water partition coefficient (Wildman–Crippen LogP) is -1.63. The molecule has 0 bridgehead atoms. The molecule has 1 heterocycles. The second-order valence-electron chi connectivity index (χ2n) is 4.25. The number of carboxylic acids is 1. The molecule has 8 nitrogen and oxygen atoms in total. The first kappa shape index (κ1) is 15.3. The molecular weight excluding hydrogens is 284 g/mol. The smallest absolute Gasteiger partial charge is 0.305 e. The van der Waals surface area contributed by atoms with Crippen LogP contribution in [0.15, 0.2) is 0 Å². The molecule has 106 valence electrons. The highest BCUT2D eigenvalue weighted by atomic mass is 32.2. The third-order valence-electron chi connectivity index (χ3n) is 2.70. The molecule has 0 spiro atoms.